The van der Waals surface area contributed by atoms with Gasteiger partial charge in [0.1, 0.15) is 5.76 Å². The number of benzene rings is 1. The van der Waals surface area contributed by atoms with Crippen LogP contribution >= 0.6 is 15.9 Å². The molecule has 90 valence electrons. The van der Waals surface area contributed by atoms with Gasteiger partial charge in [0, 0.05) is 15.4 Å². The Balaban J connectivity index is 2.34. The van der Waals surface area contributed by atoms with E-state index in [1.54, 1.807) is 7.11 Å². The van der Waals surface area contributed by atoms with Gasteiger partial charge in [-0.1, -0.05) is 0 Å². The molecule has 0 radical (unpaired) electrons. The fourth-order valence-corrected chi connectivity index (χ4v) is 2.99. The first-order chi connectivity index (χ1) is 8.05. The smallest absolute Gasteiger partial charge is 0.177 e. The number of methoxy groups -OCH3 is 1. The van der Waals surface area contributed by atoms with Gasteiger partial charge in [-0.05, 0) is 53.4 Å². The molecule has 0 saturated heterocycles. The summed E-state index contributed by atoms with van der Waals surface area (Å²) in [7, 11) is 1.65. The number of fused-ring (bicyclic) bond motifs is 1. The van der Waals surface area contributed by atoms with Crippen LogP contribution in [0.5, 0.6) is 5.75 Å². The second-order valence-corrected chi connectivity index (χ2v) is 5.49. The van der Waals surface area contributed by atoms with E-state index in [1.807, 2.05) is 19.1 Å². The number of halogens is 1. The van der Waals surface area contributed by atoms with Crippen LogP contribution in [-0.2, 0) is 5.54 Å². The monoisotopic (exact) mass is 295 g/mol. The Hall–Kier alpha value is -1.00. The maximum absolute atomic E-state index is 6.27. The lowest BCUT2D eigenvalue weighted by Crippen LogP contribution is -2.19. The van der Waals surface area contributed by atoms with Gasteiger partial charge in [0.2, 0.25) is 0 Å². The van der Waals surface area contributed by atoms with E-state index in [4.69, 9.17) is 14.9 Å². The van der Waals surface area contributed by atoms with E-state index in [0.717, 1.165) is 45.4 Å². The van der Waals surface area contributed by atoms with Gasteiger partial charge in [-0.3, -0.25) is 0 Å². The standard InChI is InChI=1S/C13H14BrNO2/c1-7-5-8-11(14)9(13(15)3-4-13)6-10(16-2)12(8)17-7/h5-6H,3-4,15H2,1-2H3. The molecule has 0 spiro atoms. The fraction of sp³-hybridized carbons (Fsp3) is 0.385. The molecule has 1 aromatic heterocycles. The molecule has 0 unspecified atom stereocenters. The lowest BCUT2D eigenvalue weighted by Gasteiger charge is -2.14. The van der Waals surface area contributed by atoms with Crippen molar-refractivity contribution in [3.05, 3.63) is 27.9 Å². The SMILES string of the molecule is COc1cc(C2(N)CC2)c(Br)c2cc(C)oc12. The summed E-state index contributed by atoms with van der Waals surface area (Å²) < 4.78 is 12.1. The van der Waals surface area contributed by atoms with Crippen LogP contribution in [0, 0.1) is 6.92 Å². The van der Waals surface area contributed by atoms with Crippen LogP contribution in [0.15, 0.2) is 21.0 Å². The molecule has 1 aliphatic rings. The average Bonchev–Trinajstić information content (AvgIpc) is 2.89. The first-order valence-electron chi connectivity index (χ1n) is 5.61. The molecule has 0 bridgehead atoms. The molecule has 0 aliphatic heterocycles. The van der Waals surface area contributed by atoms with Crippen LogP contribution in [0.4, 0.5) is 0 Å². The molecule has 17 heavy (non-hydrogen) atoms. The van der Waals surface area contributed by atoms with Crippen molar-refractivity contribution < 1.29 is 9.15 Å². The third-order valence-corrected chi connectivity index (χ3v) is 4.23. The van der Waals surface area contributed by atoms with E-state index >= 15 is 0 Å². The van der Waals surface area contributed by atoms with Gasteiger partial charge < -0.3 is 14.9 Å². The summed E-state index contributed by atoms with van der Waals surface area (Å²) in [6.07, 6.45) is 2.05. The molecule has 4 heteroatoms. The molecule has 1 fully saturated rings. The van der Waals surface area contributed by atoms with Crippen molar-refractivity contribution >= 4 is 26.9 Å². The predicted octanol–water partition coefficient (Wildman–Crippen LogP) is 3.46. The number of ether oxygens (including phenoxy) is 1. The highest BCUT2D eigenvalue weighted by atomic mass is 79.9. The summed E-state index contributed by atoms with van der Waals surface area (Å²) >= 11 is 3.64. The zero-order valence-electron chi connectivity index (χ0n) is 9.84. The quantitative estimate of drug-likeness (QED) is 0.923. The molecule has 2 N–H and O–H groups in total. The number of aryl methyl sites for hydroxylation is 1. The highest BCUT2D eigenvalue weighted by molar-refractivity contribution is 9.10. The normalized spacial score (nSPS) is 17.4. The third-order valence-electron chi connectivity index (χ3n) is 3.37. The molecule has 3 rings (SSSR count). The van der Waals surface area contributed by atoms with E-state index in [-0.39, 0.29) is 5.54 Å². The topological polar surface area (TPSA) is 48.4 Å². The van der Waals surface area contributed by atoms with E-state index in [9.17, 15) is 0 Å². The molecule has 0 amide bonds. The molecular weight excluding hydrogens is 282 g/mol. The lowest BCUT2D eigenvalue weighted by molar-refractivity contribution is 0.407. The zero-order valence-corrected chi connectivity index (χ0v) is 11.4. The summed E-state index contributed by atoms with van der Waals surface area (Å²) in [5.41, 5.74) is 7.98. The molecule has 1 aromatic carbocycles. The van der Waals surface area contributed by atoms with E-state index < -0.39 is 0 Å². The van der Waals surface area contributed by atoms with Gasteiger partial charge in [0.25, 0.3) is 0 Å². The highest BCUT2D eigenvalue weighted by Gasteiger charge is 2.42. The van der Waals surface area contributed by atoms with Crippen LogP contribution in [0.1, 0.15) is 24.2 Å². The van der Waals surface area contributed by atoms with Gasteiger partial charge in [-0.15, -0.1) is 0 Å². The molecule has 0 atom stereocenters. The Kier molecular flexibility index (Phi) is 2.28. The van der Waals surface area contributed by atoms with Gasteiger partial charge in [-0.25, -0.2) is 0 Å². The fourth-order valence-electron chi connectivity index (χ4n) is 2.18. The van der Waals surface area contributed by atoms with Crippen LogP contribution in [0.3, 0.4) is 0 Å². The first kappa shape index (κ1) is 11.1. The van der Waals surface area contributed by atoms with Crippen LogP contribution < -0.4 is 10.5 Å². The second-order valence-electron chi connectivity index (χ2n) is 4.70. The number of hydrogen-bond acceptors (Lipinski definition) is 3. The molecule has 3 nitrogen and oxygen atoms in total. The highest BCUT2D eigenvalue weighted by Crippen LogP contribution is 2.49. The van der Waals surface area contributed by atoms with Crippen LogP contribution in [0.2, 0.25) is 0 Å². The van der Waals surface area contributed by atoms with Crippen molar-refractivity contribution in [1.82, 2.24) is 0 Å². The van der Waals surface area contributed by atoms with Crippen molar-refractivity contribution in [1.29, 1.82) is 0 Å². The minimum Gasteiger partial charge on any atom is -0.493 e. The summed E-state index contributed by atoms with van der Waals surface area (Å²) in [5, 5.41) is 1.04. The van der Waals surface area contributed by atoms with Gasteiger partial charge in [0.05, 0.1) is 7.11 Å². The minimum atomic E-state index is -0.189. The molecular formula is C13H14BrNO2. The van der Waals surface area contributed by atoms with E-state index in [2.05, 4.69) is 15.9 Å². The minimum absolute atomic E-state index is 0.189. The number of rotatable bonds is 2. The van der Waals surface area contributed by atoms with E-state index in [0.29, 0.717) is 0 Å². The predicted molar refractivity (Wildman–Crippen MR) is 70.3 cm³/mol. The molecule has 2 aromatic rings. The first-order valence-corrected chi connectivity index (χ1v) is 6.40. The number of furan rings is 1. The summed E-state index contributed by atoms with van der Waals surface area (Å²) in [6.45, 7) is 1.93. The number of nitrogens with two attached hydrogens (primary N) is 1. The third kappa shape index (κ3) is 1.58. The maximum atomic E-state index is 6.27. The van der Waals surface area contributed by atoms with Crippen molar-refractivity contribution in [2.45, 2.75) is 25.3 Å². The Bertz CT molecular complexity index is 599. The maximum Gasteiger partial charge on any atom is 0.177 e. The zero-order chi connectivity index (χ0) is 12.2. The summed E-state index contributed by atoms with van der Waals surface area (Å²) in [5.74, 6) is 1.63. The second kappa shape index (κ2) is 3.50. The number of hydrogen-bond donors (Lipinski definition) is 1. The van der Waals surface area contributed by atoms with Gasteiger partial charge in [-0.2, -0.15) is 0 Å². The molecule has 1 aliphatic carbocycles. The average molecular weight is 296 g/mol. The lowest BCUT2D eigenvalue weighted by atomic mass is 10.0. The molecule has 1 heterocycles. The van der Waals surface area contributed by atoms with Gasteiger partial charge in [0.15, 0.2) is 11.3 Å². The van der Waals surface area contributed by atoms with Crippen molar-refractivity contribution in [3.8, 4) is 5.75 Å². The van der Waals surface area contributed by atoms with Crippen LogP contribution in [0.25, 0.3) is 11.0 Å². The Morgan fingerprint density at radius 1 is 1.41 bits per heavy atom. The Morgan fingerprint density at radius 2 is 2.12 bits per heavy atom. The van der Waals surface area contributed by atoms with Gasteiger partial charge >= 0.3 is 0 Å². The largest absolute Gasteiger partial charge is 0.493 e. The van der Waals surface area contributed by atoms with Crippen molar-refractivity contribution in [2.75, 3.05) is 7.11 Å². The summed E-state index contributed by atoms with van der Waals surface area (Å²) in [4.78, 5) is 0. The van der Waals surface area contributed by atoms with Crippen LogP contribution in [-0.4, -0.2) is 7.11 Å². The van der Waals surface area contributed by atoms with E-state index in [1.165, 1.54) is 0 Å². The summed E-state index contributed by atoms with van der Waals surface area (Å²) in [6, 6.07) is 4.00. The Morgan fingerprint density at radius 3 is 2.71 bits per heavy atom. The Labute approximate surface area is 108 Å². The molecule has 1 saturated carbocycles. The van der Waals surface area contributed by atoms with Crippen molar-refractivity contribution in [3.63, 3.8) is 0 Å². The van der Waals surface area contributed by atoms with Crippen molar-refractivity contribution in [2.24, 2.45) is 5.73 Å².